The van der Waals surface area contributed by atoms with Gasteiger partial charge in [0.25, 0.3) is 0 Å². The Morgan fingerprint density at radius 2 is 1.61 bits per heavy atom. The Morgan fingerprint density at radius 3 is 2.17 bits per heavy atom. The highest BCUT2D eigenvalue weighted by atomic mass is 16.5. The van der Waals surface area contributed by atoms with Crippen molar-refractivity contribution < 1.29 is 19.1 Å². The Hall–Kier alpha value is -2.10. The molecule has 0 atom stereocenters. The maximum absolute atomic E-state index is 11.6. The van der Waals surface area contributed by atoms with Crippen molar-refractivity contribution in [1.82, 2.24) is 0 Å². The molecule has 0 aliphatic heterocycles. The fourth-order valence-corrected chi connectivity index (χ4v) is 1.92. The molecule has 23 heavy (non-hydrogen) atoms. The second kappa shape index (κ2) is 9.82. The van der Waals surface area contributed by atoms with Crippen LogP contribution in [0.2, 0.25) is 0 Å². The van der Waals surface area contributed by atoms with Gasteiger partial charge in [0, 0.05) is 12.2 Å². The van der Waals surface area contributed by atoms with Crippen LogP contribution >= 0.6 is 0 Å². The number of carbonyl (C=O) groups is 2. The highest BCUT2D eigenvalue weighted by Crippen LogP contribution is 2.18. The molecule has 0 spiro atoms. The van der Waals surface area contributed by atoms with Crippen LogP contribution in [0.3, 0.4) is 0 Å². The predicted octanol–water partition coefficient (Wildman–Crippen LogP) is 4.25. The third-order valence-electron chi connectivity index (χ3n) is 3.29. The summed E-state index contributed by atoms with van der Waals surface area (Å²) in [6.07, 6.45) is 4.01. The van der Waals surface area contributed by atoms with Gasteiger partial charge in [0.2, 0.25) is 0 Å². The van der Waals surface area contributed by atoms with Crippen molar-refractivity contribution >= 4 is 11.9 Å². The second-order valence-corrected chi connectivity index (χ2v) is 6.18. The number of rotatable bonds is 8. The molecule has 4 nitrogen and oxygen atoms in total. The van der Waals surface area contributed by atoms with Gasteiger partial charge in [-0.2, -0.15) is 0 Å². The molecule has 0 aromatic heterocycles. The molecule has 4 heteroatoms. The van der Waals surface area contributed by atoms with Crippen LogP contribution in [0.1, 0.15) is 52.0 Å². The largest absolute Gasteiger partial charge is 0.463 e. The molecular formula is C19H26O4. The van der Waals surface area contributed by atoms with Gasteiger partial charge in [-0.1, -0.05) is 39.8 Å². The molecule has 1 aromatic carbocycles. The minimum Gasteiger partial charge on any atom is -0.463 e. The summed E-state index contributed by atoms with van der Waals surface area (Å²) in [5, 5.41) is 0. The molecule has 0 heterocycles. The molecule has 0 saturated carbocycles. The van der Waals surface area contributed by atoms with E-state index in [2.05, 4.69) is 27.7 Å². The molecule has 126 valence electrons. The fourth-order valence-electron chi connectivity index (χ4n) is 1.92. The van der Waals surface area contributed by atoms with Crippen molar-refractivity contribution in [1.29, 1.82) is 0 Å². The van der Waals surface area contributed by atoms with Crippen LogP contribution in [-0.2, 0) is 14.3 Å². The molecule has 0 amide bonds. The van der Waals surface area contributed by atoms with Gasteiger partial charge < -0.3 is 9.47 Å². The summed E-state index contributed by atoms with van der Waals surface area (Å²) < 4.78 is 10.1. The lowest BCUT2D eigenvalue weighted by Crippen LogP contribution is -2.07. The first-order valence-electron chi connectivity index (χ1n) is 8.05. The van der Waals surface area contributed by atoms with E-state index in [4.69, 9.17) is 9.47 Å². The summed E-state index contributed by atoms with van der Waals surface area (Å²) in [5.41, 5.74) is 1.17. The summed E-state index contributed by atoms with van der Waals surface area (Å²) in [5.74, 6) is 0.336. The molecular weight excluding hydrogens is 292 g/mol. The average molecular weight is 318 g/mol. The Morgan fingerprint density at radius 1 is 1.00 bits per heavy atom. The van der Waals surface area contributed by atoms with E-state index in [-0.39, 0.29) is 0 Å². The summed E-state index contributed by atoms with van der Waals surface area (Å²) in [6, 6.07) is 7.32. The Balaban J connectivity index is 2.36. The van der Waals surface area contributed by atoms with E-state index < -0.39 is 11.9 Å². The van der Waals surface area contributed by atoms with Gasteiger partial charge in [-0.25, -0.2) is 9.59 Å². The summed E-state index contributed by atoms with van der Waals surface area (Å²) in [7, 11) is 0. The van der Waals surface area contributed by atoms with E-state index in [9.17, 15) is 9.59 Å². The monoisotopic (exact) mass is 318 g/mol. The highest BCUT2D eigenvalue weighted by molar-refractivity contribution is 5.92. The number of esters is 2. The quantitative estimate of drug-likeness (QED) is 0.311. The Kier molecular flexibility index (Phi) is 8.09. The summed E-state index contributed by atoms with van der Waals surface area (Å²) >= 11 is 0. The molecule has 0 radical (unpaired) electrons. The van der Waals surface area contributed by atoms with E-state index in [1.165, 1.54) is 5.56 Å². The molecule has 0 aliphatic rings. The first-order valence-corrected chi connectivity index (χ1v) is 8.05. The van der Waals surface area contributed by atoms with Gasteiger partial charge in [0.1, 0.15) is 5.75 Å². The van der Waals surface area contributed by atoms with E-state index in [1.807, 2.05) is 12.1 Å². The van der Waals surface area contributed by atoms with Crippen LogP contribution in [-0.4, -0.2) is 18.5 Å². The molecule has 0 N–H and O–H groups in total. The van der Waals surface area contributed by atoms with Crippen molar-refractivity contribution in [2.45, 2.75) is 46.5 Å². The van der Waals surface area contributed by atoms with Crippen molar-refractivity contribution in [3.8, 4) is 5.75 Å². The normalized spacial score (nSPS) is 11.2. The Labute approximate surface area is 138 Å². The fraction of sp³-hybridized carbons (Fsp3) is 0.474. The number of benzene rings is 1. The zero-order chi connectivity index (χ0) is 17.2. The SMILES string of the molecule is CC(C)CCCOC(=O)/C=C/C(=O)Oc1ccc(C(C)C)cc1. The predicted molar refractivity (Wildman–Crippen MR) is 90.3 cm³/mol. The molecule has 0 bridgehead atoms. The molecule has 0 saturated heterocycles. The topological polar surface area (TPSA) is 52.6 Å². The lowest BCUT2D eigenvalue weighted by molar-refractivity contribution is -0.138. The molecule has 0 fully saturated rings. The van der Waals surface area contributed by atoms with Gasteiger partial charge in [-0.3, -0.25) is 0 Å². The van der Waals surface area contributed by atoms with Crippen LogP contribution in [0, 0.1) is 5.92 Å². The first kappa shape index (κ1) is 18.9. The molecule has 1 rings (SSSR count). The van der Waals surface area contributed by atoms with E-state index in [1.54, 1.807) is 12.1 Å². The molecule has 0 unspecified atom stereocenters. The number of hydrogen-bond acceptors (Lipinski definition) is 4. The third kappa shape index (κ3) is 8.19. The van der Waals surface area contributed by atoms with Gasteiger partial charge >= 0.3 is 11.9 Å². The maximum atomic E-state index is 11.6. The third-order valence-corrected chi connectivity index (χ3v) is 3.29. The smallest absolute Gasteiger partial charge is 0.336 e. The molecule has 0 aliphatic carbocycles. The Bertz CT molecular complexity index is 527. The van der Waals surface area contributed by atoms with E-state index in [0.29, 0.717) is 24.2 Å². The minimum absolute atomic E-state index is 0.368. The van der Waals surface area contributed by atoms with Crippen LogP contribution in [0.4, 0.5) is 0 Å². The van der Waals surface area contributed by atoms with Gasteiger partial charge in [0.15, 0.2) is 0 Å². The summed E-state index contributed by atoms with van der Waals surface area (Å²) in [6.45, 7) is 8.79. The van der Waals surface area contributed by atoms with Crippen LogP contribution in [0.5, 0.6) is 5.75 Å². The minimum atomic E-state index is -0.596. The van der Waals surface area contributed by atoms with Crippen molar-refractivity contribution in [3.63, 3.8) is 0 Å². The second-order valence-electron chi connectivity index (χ2n) is 6.18. The van der Waals surface area contributed by atoms with Crippen molar-refractivity contribution in [2.24, 2.45) is 5.92 Å². The van der Waals surface area contributed by atoms with Crippen LogP contribution in [0.15, 0.2) is 36.4 Å². The standard InChI is InChI=1S/C19H26O4/c1-14(2)6-5-13-22-18(20)11-12-19(21)23-17-9-7-16(8-10-17)15(3)4/h7-12,14-15H,5-6,13H2,1-4H3/b12-11+. The number of carbonyl (C=O) groups excluding carboxylic acids is 2. The van der Waals surface area contributed by atoms with Gasteiger partial charge in [-0.15, -0.1) is 0 Å². The highest BCUT2D eigenvalue weighted by Gasteiger charge is 2.04. The van der Waals surface area contributed by atoms with Crippen LogP contribution < -0.4 is 4.74 Å². The van der Waals surface area contributed by atoms with Crippen molar-refractivity contribution in [3.05, 3.63) is 42.0 Å². The first-order chi connectivity index (χ1) is 10.9. The zero-order valence-corrected chi connectivity index (χ0v) is 14.4. The van der Waals surface area contributed by atoms with Crippen molar-refractivity contribution in [2.75, 3.05) is 6.61 Å². The number of ether oxygens (including phenoxy) is 2. The lowest BCUT2D eigenvalue weighted by atomic mass is 10.0. The van der Waals surface area contributed by atoms with E-state index >= 15 is 0 Å². The average Bonchev–Trinajstić information content (AvgIpc) is 2.50. The lowest BCUT2D eigenvalue weighted by Gasteiger charge is -2.06. The maximum Gasteiger partial charge on any atom is 0.336 e. The van der Waals surface area contributed by atoms with Gasteiger partial charge in [-0.05, 0) is 42.4 Å². The number of hydrogen-bond donors (Lipinski definition) is 0. The van der Waals surface area contributed by atoms with Gasteiger partial charge in [0.05, 0.1) is 6.61 Å². The summed E-state index contributed by atoms with van der Waals surface area (Å²) in [4.78, 5) is 23.1. The zero-order valence-electron chi connectivity index (χ0n) is 14.4. The van der Waals surface area contributed by atoms with Crippen LogP contribution in [0.25, 0.3) is 0 Å². The molecule has 1 aromatic rings. The van der Waals surface area contributed by atoms with E-state index in [0.717, 1.165) is 25.0 Å².